The van der Waals surface area contributed by atoms with Crippen molar-refractivity contribution in [3.8, 4) is 0 Å². The number of hydrogen-bond donors (Lipinski definition) is 3. The number of nitrogens with one attached hydrogen (secondary N) is 2. The molecule has 164 valence electrons. The Balaban J connectivity index is 0.00000280. The summed E-state index contributed by atoms with van der Waals surface area (Å²) in [5.41, 5.74) is -0.857. The monoisotopic (exact) mass is 511 g/mol. The molecule has 0 bridgehead atoms. The van der Waals surface area contributed by atoms with Crippen molar-refractivity contribution in [3.05, 3.63) is 0 Å². The van der Waals surface area contributed by atoms with Gasteiger partial charge in [0.15, 0.2) is 5.96 Å². The molecule has 3 fully saturated rings. The summed E-state index contributed by atoms with van der Waals surface area (Å²) in [6.45, 7) is 12.7. The molecule has 0 aliphatic carbocycles. The maximum absolute atomic E-state index is 10.7. The van der Waals surface area contributed by atoms with E-state index in [4.69, 9.17) is 9.47 Å². The molecule has 8 nitrogen and oxygen atoms in total. The highest BCUT2D eigenvalue weighted by Crippen LogP contribution is 2.22. The fourth-order valence-electron chi connectivity index (χ4n) is 4.10. The molecule has 28 heavy (non-hydrogen) atoms. The predicted octanol–water partition coefficient (Wildman–Crippen LogP) is 0.106. The van der Waals surface area contributed by atoms with Crippen LogP contribution in [0.15, 0.2) is 4.99 Å². The van der Waals surface area contributed by atoms with Crippen LogP contribution in [0.2, 0.25) is 0 Å². The van der Waals surface area contributed by atoms with Crippen LogP contribution in [0.1, 0.15) is 26.7 Å². The van der Waals surface area contributed by atoms with Crippen LogP contribution in [0.25, 0.3) is 0 Å². The van der Waals surface area contributed by atoms with Gasteiger partial charge in [0.05, 0.1) is 38.1 Å². The highest BCUT2D eigenvalue weighted by molar-refractivity contribution is 14.0. The fraction of sp³-hybridized carbons (Fsp3) is 0.947. The van der Waals surface area contributed by atoms with E-state index in [9.17, 15) is 5.11 Å². The third-order valence-electron chi connectivity index (χ3n) is 5.55. The van der Waals surface area contributed by atoms with Gasteiger partial charge >= 0.3 is 0 Å². The van der Waals surface area contributed by atoms with Gasteiger partial charge in [0.2, 0.25) is 0 Å². The summed E-state index contributed by atoms with van der Waals surface area (Å²) < 4.78 is 11.4. The minimum absolute atomic E-state index is 0. The van der Waals surface area contributed by atoms with Gasteiger partial charge in [-0.1, -0.05) is 0 Å². The van der Waals surface area contributed by atoms with E-state index in [1.54, 1.807) is 0 Å². The molecule has 0 aromatic heterocycles. The molecule has 0 amide bonds. The second-order valence-corrected chi connectivity index (χ2v) is 8.21. The number of β-amino-alcohol motifs (C(OH)–C–C–N with tert-alkyl or cyclic N) is 1. The third kappa shape index (κ3) is 7.56. The van der Waals surface area contributed by atoms with E-state index in [0.717, 1.165) is 58.5 Å². The van der Waals surface area contributed by atoms with Crippen molar-refractivity contribution in [1.29, 1.82) is 0 Å². The van der Waals surface area contributed by atoms with E-state index in [1.807, 2.05) is 6.92 Å². The molecule has 0 radical (unpaired) electrons. The Kier molecular flexibility index (Phi) is 10.2. The van der Waals surface area contributed by atoms with Crippen LogP contribution in [0.5, 0.6) is 0 Å². The molecule has 0 aromatic rings. The van der Waals surface area contributed by atoms with E-state index in [-0.39, 0.29) is 30.1 Å². The first-order valence-corrected chi connectivity index (χ1v) is 10.5. The van der Waals surface area contributed by atoms with Crippen molar-refractivity contribution in [2.45, 2.75) is 44.4 Å². The molecular formula is C19H38IN5O3. The van der Waals surface area contributed by atoms with E-state index >= 15 is 0 Å². The zero-order valence-corrected chi connectivity index (χ0v) is 19.7. The van der Waals surface area contributed by atoms with Crippen LogP contribution < -0.4 is 10.6 Å². The number of guanidine groups is 1. The third-order valence-corrected chi connectivity index (χ3v) is 5.55. The lowest BCUT2D eigenvalue weighted by Crippen LogP contribution is -2.52. The fourth-order valence-corrected chi connectivity index (χ4v) is 4.10. The normalized spacial score (nSPS) is 28.9. The average Bonchev–Trinajstić information content (AvgIpc) is 3.12. The molecule has 3 heterocycles. The number of morpholine rings is 2. The summed E-state index contributed by atoms with van der Waals surface area (Å²) >= 11 is 0. The second-order valence-electron chi connectivity index (χ2n) is 8.21. The maximum Gasteiger partial charge on any atom is 0.191 e. The van der Waals surface area contributed by atoms with Crippen LogP contribution in [0, 0.1) is 0 Å². The molecule has 3 atom stereocenters. The largest absolute Gasteiger partial charge is 0.387 e. The van der Waals surface area contributed by atoms with Crippen molar-refractivity contribution in [1.82, 2.24) is 20.4 Å². The van der Waals surface area contributed by atoms with Gasteiger partial charge in [0.25, 0.3) is 0 Å². The van der Waals surface area contributed by atoms with E-state index in [2.05, 4.69) is 32.3 Å². The number of fused-ring (bicyclic) bond motifs is 1. The van der Waals surface area contributed by atoms with Crippen molar-refractivity contribution in [2.75, 3.05) is 72.2 Å². The standard InChI is InChI=1S/C19H37N5O3.HI/c1-3-20-18(21-11-17-12-24-6-4-5-16(24)13-27-17)22-14-19(2,25)15-23-7-9-26-10-8-23;/h16-17,25H,3-15H2,1-2H3,(H2,20,21,22);1H. The minimum atomic E-state index is -0.857. The van der Waals surface area contributed by atoms with Crippen LogP contribution in [-0.4, -0.2) is 111 Å². The molecule has 9 heteroatoms. The molecule has 3 aliphatic heterocycles. The molecule has 3 unspecified atom stereocenters. The number of halogens is 1. The summed E-state index contributed by atoms with van der Waals surface area (Å²) in [4.78, 5) is 9.41. The number of nitrogens with zero attached hydrogens (tertiary/aromatic N) is 3. The number of ether oxygens (including phenoxy) is 2. The van der Waals surface area contributed by atoms with Crippen LogP contribution in [0.3, 0.4) is 0 Å². The predicted molar refractivity (Wildman–Crippen MR) is 122 cm³/mol. The molecule has 3 N–H and O–H groups in total. The molecular weight excluding hydrogens is 473 g/mol. The lowest BCUT2D eigenvalue weighted by molar-refractivity contribution is -0.0453. The maximum atomic E-state index is 10.7. The van der Waals surface area contributed by atoms with Gasteiger partial charge < -0.3 is 25.2 Å². The van der Waals surface area contributed by atoms with Crippen LogP contribution in [-0.2, 0) is 9.47 Å². The highest BCUT2D eigenvalue weighted by atomic mass is 127. The Labute approximate surface area is 186 Å². The lowest BCUT2D eigenvalue weighted by Gasteiger charge is -2.35. The Hall–Kier alpha value is -0.200. The smallest absolute Gasteiger partial charge is 0.191 e. The van der Waals surface area contributed by atoms with Crippen molar-refractivity contribution < 1.29 is 14.6 Å². The Bertz CT molecular complexity index is 488. The SMILES string of the molecule is CCNC(=NCC(C)(O)CN1CCOCC1)NCC1CN2CCCC2CO1.I. The molecule has 3 rings (SSSR count). The van der Waals surface area contributed by atoms with E-state index in [1.165, 1.54) is 19.4 Å². The van der Waals surface area contributed by atoms with Gasteiger partial charge in [0, 0.05) is 45.3 Å². The van der Waals surface area contributed by atoms with Gasteiger partial charge in [0.1, 0.15) is 0 Å². The zero-order valence-electron chi connectivity index (χ0n) is 17.4. The van der Waals surface area contributed by atoms with Gasteiger partial charge in [-0.3, -0.25) is 14.8 Å². The number of aliphatic hydroxyl groups is 1. The van der Waals surface area contributed by atoms with Gasteiger partial charge in [-0.15, -0.1) is 24.0 Å². The van der Waals surface area contributed by atoms with Gasteiger partial charge in [-0.05, 0) is 33.2 Å². The van der Waals surface area contributed by atoms with Gasteiger partial charge in [-0.2, -0.15) is 0 Å². The van der Waals surface area contributed by atoms with Crippen molar-refractivity contribution in [2.24, 2.45) is 4.99 Å². The van der Waals surface area contributed by atoms with Gasteiger partial charge in [-0.25, -0.2) is 0 Å². The highest BCUT2D eigenvalue weighted by Gasteiger charge is 2.32. The first kappa shape index (κ1) is 24.1. The Morgan fingerprint density at radius 2 is 2.04 bits per heavy atom. The zero-order chi connectivity index (χ0) is 19.1. The minimum Gasteiger partial charge on any atom is -0.387 e. The number of rotatable bonds is 7. The van der Waals surface area contributed by atoms with Crippen molar-refractivity contribution >= 4 is 29.9 Å². The molecule has 0 spiro atoms. The van der Waals surface area contributed by atoms with Crippen LogP contribution >= 0.6 is 24.0 Å². The molecule has 3 saturated heterocycles. The Morgan fingerprint density at radius 3 is 2.79 bits per heavy atom. The summed E-state index contributed by atoms with van der Waals surface area (Å²) in [6.07, 6.45) is 2.75. The summed E-state index contributed by atoms with van der Waals surface area (Å²) in [7, 11) is 0. The molecule has 0 aromatic carbocycles. The van der Waals surface area contributed by atoms with E-state index in [0.29, 0.717) is 19.1 Å². The number of hydrogen-bond acceptors (Lipinski definition) is 6. The molecule has 3 aliphatic rings. The average molecular weight is 511 g/mol. The second kappa shape index (κ2) is 11.8. The molecule has 0 saturated carbocycles. The van der Waals surface area contributed by atoms with E-state index < -0.39 is 5.60 Å². The topological polar surface area (TPSA) is 81.6 Å². The Morgan fingerprint density at radius 1 is 1.25 bits per heavy atom. The van der Waals surface area contributed by atoms with Crippen LogP contribution in [0.4, 0.5) is 0 Å². The lowest BCUT2D eigenvalue weighted by atomic mass is 10.1. The summed E-state index contributed by atoms with van der Waals surface area (Å²) in [6, 6.07) is 0.624. The first-order valence-electron chi connectivity index (χ1n) is 10.5. The number of aliphatic imine (C=N–C) groups is 1. The summed E-state index contributed by atoms with van der Waals surface area (Å²) in [5.74, 6) is 0.742. The first-order chi connectivity index (χ1) is 13.1. The summed E-state index contributed by atoms with van der Waals surface area (Å²) in [5, 5.41) is 17.4. The quantitative estimate of drug-likeness (QED) is 0.254. The van der Waals surface area contributed by atoms with Crippen molar-refractivity contribution in [3.63, 3.8) is 0 Å².